The van der Waals surface area contributed by atoms with Crippen molar-refractivity contribution in [2.45, 2.75) is 35.2 Å². The molecule has 8 heteroatoms. The van der Waals surface area contributed by atoms with E-state index in [1.54, 1.807) is 24.2 Å². The van der Waals surface area contributed by atoms with Gasteiger partial charge in [-0.05, 0) is 30.5 Å². The third-order valence-electron chi connectivity index (χ3n) is 4.47. The fraction of sp³-hybridized carbons (Fsp3) is 0.294. The molecule has 0 spiro atoms. The summed E-state index contributed by atoms with van der Waals surface area (Å²) in [5.41, 5.74) is 7.43. The van der Waals surface area contributed by atoms with Crippen molar-refractivity contribution in [3.8, 4) is 0 Å². The van der Waals surface area contributed by atoms with Crippen LogP contribution in [0.5, 0.6) is 0 Å². The van der Waals surface area contributed by atoms with E-state index in [1.165, 1.54) is 0 Å². The zero-order valence-corrected chi connectivity index (χ0v) is 14.3. The van der Waals surface area contributed by atoms with Crippen molar-refractivity contribution in [3.05, 3.63) is 36.2 Å². The molecule has 0 bridgehead atoms. The number of fused-ring (bicyclic) bond motifs is 2. The third-order valence-corrected chi connectivity index (χ3v) is 5.54. The molecule has 128 valence electrons. The van der Waals surface area contributed by atoms with Gasteiger partial charge in [-0.25, -0.2) is 9.97 Å². The molecule has 25 heavy (non-hydrogen) atoms. The zero-order chi connectivity index (χ0) is 17.4. The van der Waals surface area contributed by atoms with Crippen LogP contribution in [0.4, 0.5) is 11.5 Å². The predicted octanol–water partition coefficient (Wildman–Crippen LogP) is 2.15. The molecule has 0 radical (unpaired) electrons. The molecule has 1 atom stereocenters. The number of nitrogens with one attached hydrogen (secondary N) is 2. The second kappa shape index (κ2) is 6.36. The minimum absolute atomic E-state index is 0.346. The lowest BCUT2D eigenvalue weighted by atomic mass is 10.1. The number of nitrogens with zero attached hydrogens (tertiary/aromatic N) is 3. The van der Waals surface area contributed by atoms with E-state index in [1.807, 2.05) is 23.1 Å². The minimum atomic E-state index is -0.346. The number of amidine groups is 1. The maximum absolute atomic E-state index is 11.5. The van der Waals surface area contributed by atoms with E-state index in [-0.39, 0.29) is 11.9 Å². The van der Waals surface area contributed by atoms with Crippen molar-refractivity contribution in [3.63, 3.8) is 0 Å². The Labute approximate surface area is 149 Å². The maximum Gasteiger partial charge on any atom is 0.240 e. The molecule has 1 saturated heterocycles. The number of nitrogens with two attached hydrogens (primary N) is 1. The first-order valence-electron chi connectivity index (χ1n) is 8.14. The highest BCUT2D eigenvalue weighted by atomic mass is 32.2. The van der Waals surface area contributed by atoms with Crippen molar-refractivity contribution >= 4 is 35.0 Å². The number of anilines is 2. The lowest BCUT2D eigenvalue weighted by Crippen LogP contribution is -2.44. The summed E-state index contributed by atoms with van der Waals surface area (Å²) in [4.78, 5) is 23.1. The zero-order valence-electron chi connectivity index (χ0n) is 13.5. The number of hydrogen-bond acceptors (Lipinski definition) is 6. The van der Waals surface area contributed by atoms with Crippen molar-refractivity contribution in [1.29, 1.82) is 5.41 Å². The highest BCUT2D eigenvalue weighted by Gasteiger charge is 2.30. The number of primary amides is 1. The molecule has 2 aliphatic rings. The summed E-state index contributed by atoms with van der Waals surface area (Å²) >= 11 is 1.58. The van der Waals surface area contributed by atoms with Gasteiger partial charge < -0.3 is 16.0 Å². The summed E-state index contributed by atoms with van der Waals surface area (Å²) in [6.45, 7) is 0.717. The topological polar surface area (TPSA) is 108 Å². The molecule has 0 saturated carbocycles. The fourth-order valence-corrected chi connectivity index (χ4v) is 4.15. The van der Waals surface area contributed by atoms with Gasteiger partial charge in [0.1, 0.15) is 16.9 Å². The van der Waals surface area contributed by atoms with E-state index in [0.717, 1.165) is 39.8 Å². The lowest BCUT2D eigenvalue weighted by molar-refractivity contribution is -0.121. The predicted molar refractivity (Wildman–Crippen MR) is 96.2 cm³/mol. The summed E-state index contributed by atoms with van der Waals surface area (Å²) in [5.74, 6) is 0.839. The molecule has 4 rings (SSSR count). The Balaban J connectivity index is 1.52. The van der Waals surface area contributed by atoms with Gasteiger partial charge in [-0.2, -0.15) is 0 Å². The number of hydrogen-bond donors (Lipinski definition) is 3. The van der Waals surface area contributed by atoms with Crippen LogP contribution in [0.25, 0.3) is 0 Å². The van der Waals surface area contributed by atoms with Crippen LogP contribution in [-0.4, -0.2) is 39.2 Å². The first kappa shape index (κ1) is 15.9. The second-order valence-corrected chi connectivity index (χ2v) is 7.18. The number of carbonyl (C=O) groups excluding carboxylic acids is 1. The molecule has 7 nitrogen and oxygen atoms in total. The van der Waals surface area contributed by atoms with Gasteiger partial charge in [0.2, 0.25) is 5.91 Å². The molecule has 4 N–H and O–H groups in total. The maximum atomic E-state index is 11.5. The van der Waals surface area contributed by atoms with E-state index >= 15 is 0 Å². The van der Waals surface area contributed by atoms with E-state index < -0.39 is 0 Å². The number of aromatic nitrogens is 2. The van der Waals surface area contributed by atoms with Crippen molar-refractivity contribution in [2.24, 2.45) is 5.73 Å². The van der Waals surface area contributed by atoms with E-state index in [4.69, 9.17) is 11.1 Å². The van der Waals surface area contributed by atoms with Crippen LogP contribution in [0.15, 0.2) is 40.5 Å². The Morgan fingerprint density at radius 1 is 1.40 bits per heavy atom. The van der Waals surface area contributed by atoms with Crippen LogP contribution in [-0.2, 0) is 11.2 Å². The molecule has 0 aliphatic carbocycles. The fourth-order valence-electron chi connectivity index (χ4n) is 3.27. The van der Waals surface area contributed by atoms with E-state index in [9.17, 15) is 4.79 Å². The molecule has 1 aromatic carbocycles. The van der Waals surface area contributed by atoms with Crippen LogP contribution < -0.4 is 11.1 Å². The molecule has 3 heterocycles. The summed E-state index contributed by atoms with van der Waals surface area (Å²) in [6, 6.07) is 5.73. The normalized spacial score (nSPS) is 18.2. The standard InChI is InChI=1S/C17H18N6OS/c18-14(23-7-1-2-12(23)15(19)24)9-10-3-4-13-11(8-10)22-16-17(25-13)21-6-5-20-16/h3-6,8,12,18H,1-2,7,9H2,(H2,19,24)(H,20,22). The summed E-state index contributed by atoms with van der Waals surface area (Å²) in [5, 5.41) is 12.5. The van der Waals surface area contributed by atoms with Gasteiger partial charge >= 0.3 is 0 Å². The third kappa shape index (κ3) is 3.05. The van der Waals surface area contributed by atoms with Crippen LogP contribution in [0.1, 0.15) is 18.4 Å². The van der Waals surface area contributed by atoms with Gasteiger partial charge in [0.15, 0.2) is 5.82 Å². The molecule has 1 amide bonds. The minimum Gasteiger partial charge on any atom is -0.368 e. The summed E-state index contributed by atoms with van der Waals surface area (Å²) < 4.78 is 0. The summed E-state index contributed by atoms with van der Waals surface area (Å²) in [7, 11) is 0. The van der Waals surface area contributed by atoms with E-state index in [2.05, 4.69) is 15.3 Å². The molecular weight excluding hydrogens is 336 g/mol. The number of rotatable bonds is 3. The van der Waals surface area contributed by atoms with Crippen molar-refractivity contribution in [1.82, 2.24) is 14.9 Å². The van der Waals surface area contributed by atoms with Crippen molar-refractivity contribution < 1.29 is 4.79 Å². The van der Waals surface area contributed by atoms with Gasteiger partial charge in [0.05, 0.1) is 5.69 Å². The van der Waals surface area contributed by atoms with E-state index in [0.29, 0.717) is 18.8 Å². The van der Waals surface area contributed by atoms with Gasteiger partial charge in [0, 0.05) is 30.3 Å². The second-order valence-electron chi connectivity index (χ2n) is 6.14. The number of carbonyl (C=O) groups is 1. The van der Waals surface area contributed by atoms with Gasteiger partial charge in [-0.1, -0.05) is 17.8 Å². The van der Waals surface area contributed by atoms with Crippen LogP contribution in [0, 0.1) is 5.41 Å². The Morgan fingerprint density at radius 3 is 3.08 bits per heavy atom. The molecular formula is C17H18N6OS. The highest BCUT2D eigenvalue weighted by molar-refractivity contribution is 7.99. The Hall–Kier alpha value is -2.61. The average molecular weight is 354 g/mol. The number of likely N-dealkylation sites (tertiary alicyclic amines) is 1. The number of amides is 1. The first-order chi connectivity index (χ1) is 12.1. The SMILES string of the molecule is N=C(Cc1ccc2c(c1)Nc1nccnc1S2)N1CCCC1C(N)=O. The Kier molecular flexibility index (Phi) is 4.04. The highest BCUT2D eigenvalue weighted by Crippen LogP contribution is 2.42. The van der Waals surface area contributed by atoms with Crippen LogP contribution >= 0.6 is 11.8 Å². The monoisotopic (exact) mass is 354 g/mol. The number of benzene rings is 1. The first-order valence-corrected chi connectivity index (χ1v) is 8.95. The average Bonchev–Trinajstić information content (AvgIpc) is 3.10. The molecule has 1 fully saturated rings. The molecule has 2 aliphatic heterocycles. The van der Waals surface area contributed by atoms with Gasteiger partial charge in [0.25, 0.3) is 0 Å². The van der Waals surface area contributed by atoms with Gasteiger partial charge in [-0.15, -0.1) is 0 Å². The molecule has 1 unspecified atom stereocenters. The van der Waals surface area contributed by atoms with Crippen LogP contribution in [0.2, 0.25) is 0 Å². The Morgan fingerprint density at radius 2 is 2.24 bits per heavy atom. The van der Waals surface area contributed by atoms with Crippen LogP contribution in [0.3, 0.4) is 0 Å². The summed E-state index contributed by atoms with van der Waals surface area (Å²) in [6.07, 6.45) is 5.44. The smallest absolute Gasteiger partial charge is 0.240 e. The quantitative estimate of drug-likeness (QED) is 0.491. The molecule has 1 aromatic heterocycles. The van der Waals surface area contributed by atoms with Gasteiger partial charge in [-0.3, -0.25) is 10.2 Å². The molecule has 2 aromatic rings. The van der Waals surface area contributed by atoms with Crippen molar-refractivity contribution in [2.75, 3.05) is 11.9 Å². The Bertz CT molecular complexity index is 855. The lowest BCUT2D eigenvalue weighted by Gasteiger charge is -2.25. The largest absolute Gasteiger partial charge is 0.368 e.